The number of anilines is 3. The van der Waals surface area contributed by atoms with Crippen molar-refractivity contribution in [3.8, 4) is 17.6 Å². The number of ether oxygens (including phenoxy) is 2. The summed E-state index contributed by atoms with van der Waals surface area (Å²) in [5.74, 6) is 0.893. The van der Waals surface area contributed by atoms with Gasteiger partial charge in [0.2, 0.25) is 5.91 Å². The highest BCUT2D eigenvalue weighted by atomic mass is 35.5. The van der Waals surface area contributed by atoms with Crippen molar-refractivity contribution < 1.29 is 22.7 Å². The number of carbonyl (C=O) groups is 1. The standard InChI is InChI=1S/C33H33ClN6O5S/c1-2-44-31-18-28-26(17-29(31)40-32(41)7-5-13-36-23-10-14-46(42,43)15-11-23)33(22(19-35)20-38-28)39-24-8-9-30(27(34)16-24)45-21-25-6-3-4-12-37-25/h3-9,12,16-18,20,23,36H,2,10-11,13-15,21H2,1H3,(H,38,39)(H,40,41)/b7-5+. The van der Waals surface area contributed by atoms with E-state index in [-0.39, 0.29) is 30.1 Å². The molecule has 46 heavy (non-hydrogen) atoms. The molecule has 1 aliphatic rings. The maximum atomic E-state index is 12.9. The Kier molecular flexibility index (Phi) is 10.7. The van der Waals surface area contributed by atoms with Gasteiger partial charge in [0.25, 0.3) is 0 Å². The summed E-state index contributed by atoms with van der Waals surface area (Å²) < 4.78 is 34.9. The lowest BCUT2D eigenvalue weighted by Gasteiger charge is -2.22. The second kappa shape index (κ2) is 15.1. The summed E-state index contributed by atoms with van der Waals surface area (Å²) in [6.07, 6.45) is 7.39. The molecule has 2 aromatic heterocycles. The molecule has 13 heteroatoms. The molecule has 5 rings (SSSR count). The number of sulfone groups is 1. The van der Waals surface area contributed by atoms with Gasteiger partial charge in [-0.3, -0.25) is 14.8 Å². The Morgan fingerprint density at radius 1 is 1.11 bits per heavy atom. The largest absolute Gasteiger partial charge is 0.492 e. The Labute approximate surface area is 272 Å². The van der Waals surface area contributed by atoms with Gasteiger partial charge >= 0.3 is 0 Å². The third kappa shape index (κ3) is 8.51. The molecule has 0 radical (unpaired) electrons. The second-order valence-electron chi connectivity index (χ2n) is 10.6. The van der Waals surface area contributed by atoms with Gasteiger partial charge in [-0.15, -0.1) is 0 Å². The van der Waals surface area contributed by atoms with E-state index in [2.05, 4.69) is 32.0 Å². The van der Waals surface area contributed by atoms with Crippen molar-refractivity contribution in [1.82, 2.24) is 15.3 Å². The number of carbonyl (C=O) groups excluding carboxylic acids is 1. The van der Waals surface area contributed by atoms with E-state index in [0.717, 1.165) is 5.69 Å². The van der Waals surface area contributed by atoms with Crippen LogP contribution in [-0.4, -0.2) is 55.0 Å². The molecule has 0 unspecified atom stereocenters. The Bertz CT molecular complexity index is 1880. The fraction of sp³-hybridized carbons (Fsp3) is 0.273. The van der Waals surface area contributed by atoms with Crippen LogP contribution in [0.5, 0.6) is 11.5 Å². The first-order valence-electron chi connectivity index (χ1n) is 14.7. The van der Waals surface area contributed by atoms with E-state index in [4.69, 9.17) is 21.1 Å². The zero-order valence-corrected chi connectivity index (χ0v) is 26.7. The number of pyridine rings is 2. The first-order valence-corrected chi connectivity index (χ1v) is 16.9. The van der Waals surface area contributed by atoms with Crippen LogP contribution in [0.15, 0.2) is 73.1 Å². The predicted octanol–water partition coefficient (Wildman–Crippen LogP) is 5.54. The number of rotatable bonds is 12. The zero-order valence-electron chi connectivity index (χ0n) is 25.1. The van der Waals surface area contributed by atoms with Crippen LogP contribution < -0.4 is 25.4 Å². The number of amides is 1. The number of nitrogens with zero attached hydrogens (tertiary/aromatic N) is 3. The average molecular weight is 661 g/mol. The molecule has 0 bridgehead atoms. The van der Waals surface area contributed by atoms with Crippen LogP contribution in [0.3, 0.4) is 0 Å². The van der Waals surface area contributed by atoms with E-state index in [1.54, 1.807) is 42.6 Å². The van der Waals surface area contributed by atoms with Crippen LogP contribution in [0.4, 0.5) is 17.1 Å². The van der Waals surface area contributed by atoms with E-state index in [0.29, 0.717) is 76.0 Å². The monoisotopic (exact) mass is 660 g/mol. The Hall–Kier alpha value is -4.70. The number of halogens is 1. The number of hydrogen-bond donors (Lipinski definition) is 3. The molecule has 1 fully saturated rings. The smallest absolute Gasteiger partial charge is 0.248 e. The summed E-state index contributed by atoms with van der Waals surface area (Å²) in [7, 11) is -2.93. The van der Waals surface area contributed by atoms with Crippen LogP contribution >= 0.6 is 11.6 Å². The van der Waals surface area contributed by atoms with Crippen molar-refractivity contribution in [2.24, 2.45) is 0 Å². The third-order valence-corrected chi connectivity index (χ3v) is 9.31. The highest BCUT2D eigenvalue weighted by molar-refractivity contribution is 7.91. The summed E-state index contributed by atoms with van der Waals surface area (Å²) in [6.45, 7) is 2.88. The Morgan fingerprint density at radius 3 is 2.65 bits per heavy atom. The van der Waals surface area contributed by atoms with Crippen molar-refractivity contribution in [3.05, 3.63) is 89.4 Å². The van der Waals surface area contributed by atoms with E-state index in [1.807, 2.05) is 25.1 Å². The van der Waals surface area contributed by atoms with Gasteiger partial charge in [0.05, 0.1) is 51.3 Å². The minimum Gasteiger partial charge on any atom is -0.492 e. The molecular weight excluding hydrogens is 628 g/mol. The van der Waals surface area contributed by atoms with Gasteiger partial charge in [-0.05, 0) is 56.2 Å². The van der Waals surface area contributed by atoms with Crippen LogP contribution in [0.25, 0.3) is 10.9 Å². The minimum absolute atomic E-state index is 0.0965. The number of benzene rings is 2. The summed E-state index contributed by atoms with van der Waals surface area (Å²) in [4.78, 5) is 21.6. The molecule has 1 amide bonds. The summed E-state index contributed by atoms with van der Waals surface area (Å²) >= 11 is 6.54. The van der Waals surface area contributed by atoms with Crippen molar-refractivity contribution >= 4 is 55.3 Å². The molecular formula is C33H33ClN6O5S. The molecule has 3 N–H and O–H groups in total. The van der Waals surface area contributed by atoms with Gasteiger partial charge in [0, 0.05) is 48.2 Å². The van der Waals surface area contributed by atoms with E-state index in [1.165, 1.54) is 12.3 Å². The summed E-state index contributed by atoms with van der Waals surface area (Å²) in [6, 6.07) is 16.5. The maximum Gasteiger partial charge on any atom is 0.248 e. The molecule has 11 nitrogen and oxygen atoms in total. The predicted molar refractivity (Wildman–Crippen MR) is 178 cm³/mol. The second-order valence-corrected chi connectivity index (χ2v) is 13.3. The minimum atomic E-state index is -2.93. The van der Waals surface area contributed by atoms with Crippen molar-refractivity contribution in [3.63, 3.8) is 0 Å². The fourth-order valence-electron chi connectivity index (χ4n) is 4.96. The van der Waals surface area contributed by atoms with E-state index >= 15 is 0 Å². The lowest BCUT2D eigenvalue weighted by molar-refractivity contribution is -0.111. The molecule has 4 aromatic rings. The number of aromatic nitrogens is 2. The molecule has 0 aliphatic carbocycles. The number of nitrogens with one attached hydrogen (secondary N) is 3. The first-order chi connectivity index (χ1) is 22.2. The highest BCUT2D eigenvalue weighted by Crippen LogP contribution is 2.37. The lowest BCUT2D eigenvalue weighted by atomic mass is 10.1. The van der Waals surface area contributed by atoms with Gasteiger partial charge in [0.15, 0.2) is 0 Å². The summed E-state index contributed by atoms with van der Waals surface area (Å²) in [5.41, 5.74) is 3.12. The van der Waals surface area contributed by atoms with Gasteiger partial charge in [-0.25, -0.2) is 8.42 Å². The van der Waals surface area contributed by atoms with Crippen molar-refractivity contribution in [2.45, 2.75) is 32.4 Å². The fourth-order valence-corrected chi connectivity index (χ4v) is 6.68. The van der Waals surface area contributed by atoms with Crippen LogP contribution in [0.2, 0.25) is 5.02 Å². The first kappa shape index (κ1) is 32.7. The molecule has 0 spiro atoms. The zero-order chi connectivity index (χ0) is 32.5. The van der Waals surface area contributed by atoms with Crippen molar-refractivity contribution in [1.29, 1.82) is 5.26 Å². The number of nitriles is 1. The van der Waals surface area contributed by atoms with Crippen LogP contribution in [-0.2, 0) is 21.2 Å². The van der Waals surface area contributed by atoms with Crippen molar-refractivity contribution in [2.75, 3.05) is 35.3 Å². The van der Waals surface area contributed by atoms with Crippen LogP contribution in [0.1, 0.15) is 31.0 Å². The molecule has 238 valence electrons. The number of fused-ring (bicyclic) bond motifs is 1. The average Bonchev–Trinajstić information content (AvgIpc) is 3.04. The molecule has 1 saturated heterocycles. The third-order valence-electron chi connectivity index (χ3n) is 7.30. The SMILES string of the molecule is CCOc1cc2ncc(C#N)c(Nc3ccc(OCc4ccccn4)c(Cl)c3)c2cc1NC(=O)/C=C/CNC1CCS(=O)(=O)CC1. The Morgan fingerprint density at radius 2 is 1.93 bits per heavy atom. The van der Waals surface area contributed by atoms with E-state index < -0.39 is 9.84 Å². The molecule has 1 aliphatic heterocycles. The van der Waals surface area contributed by atoms with Crippen LogP contribution in [0, 0.1) is 11.3 Å². The quantitative estimate of drug-likeness (QED) is 0.165. The van der Waals surface area contributed by atoms with Gasteiger partial charge < -0.3 is 25.4 Å². The molecule has 2 aromatic carbocycles. The normalized spacial score (nSPS) is 14.5. The van der Waals surface area contributed by atoms with Gasteiger partial charge in [-0.2, -0.15) is 5.26 Å². The van der Waals surface area contributed by atoms with Gasteiger partial charge in [0.1, 0.15) is 34.0 Å². The molecule has 3 heterocycles. The summed E-state index contributed by atoms with van der Waals surface area (Å²) in [5, 5.41) is 20.3. The molecule has 0 atom stereocenters. The lowest BCUT2D eigenvalue weighted by Crippen LogP contribution is -2.37. The molecule has 0 saturated carbocycles. The van der Waals surface area contributed by atoms with Gasteiger partial charge in [-0.1, -0.05) is 23.7 Å². The number of hydrogen-bond acceptors (Lipinski definition) is 10. The topological polar surface area (TPSA) is 155 Å². The highest BCUT2D eigenvalue weighted by Gasteiger charge is 2.22. The Balaban J connectivity index is 1.33. The maximum absolute atomic E-state index is 12.9. The van der Waals surface area contributed by atoms with E-state index in [9.17, 15) is 18.5 Å².